The molecular weight excluding hydrogens is 372 g/mol. The number of ether oxygens (including phenoxy) is 3. The van der Waals surface area contributed by atoms with Crippen LogP contribution in [0, 0.1) is 0 Å². The van der Waals surface area contributed by atoms with Crippen molar-refractivity contribution in [3.63, 3.8) is 0 Å². The first-order chi connectivity index (χ1) is 10.5. The van der Waals surface area contributed by atoms with E-state index in [1.807, 2.05) is 0 Å². The fourth-order valence-electron chi connectivity index (χ4n) is 1.65. The molecule has 0 aliphatic heterocycles. The van der Waals surface area contributed by atoms with Gasteiger partial charge in [0.25, 0.3) is 0 Å². The molecule has 0 bridgehead atoms. The highest BCUT2D eigenvalue weighted by Crippen LogP contribution is 2.29. The Hall–Kier alpha value is -1.72. The van der Waals surface area contributed by atoms with E-state index in [-0.39, 0.29) is 0 Å². The summed E-state index contributed by atoms with van der Waals surface area (Å²) in [6.07, 6.45) is -0.764. The summed E-state index contributed by atoms with van der Waals surface area (Å²) in [4.78, 5) is 12.0. The third-order valence-electron chi connectivity index (χ3n) is 2.81. The molecule has 0 amide bonds. The molecule has 0 heterocycles. The van der Waals surface area contributed by atoms with Gasteiger partial charge in [0.05, 0.1) is 11.6 Å². The maximum Gasteiger partial charge on any atom is 0.352 e. The Morgan fingerprint density at radius 1 is 1.14 bits per heavy atom. The summed E-state index contributed by atoms with van der Waals surface area (Å²) in [5, 5.41) is 0.577. The van der Waals surface area contributed by atoms with Crippen molar-refractivity contribution in [2.45, 2.75) is 13.0 Å². The van der Waals surface area contributed by atoms with Crippen molar-refractivity contribution in [3.05, 3.63) is 52.0 Å². The van der Waals surface area contributed by atoms with E-state index in [2.05, 4.69) is 15.9 Å². The Balaban J connectivity index is 1.99. The van der Waals surface area contributed by atoms with E-state index in [1.54, 1.807) is 56.5 Å². The first-order valence-corrected chi connectivity index (χ1v) is 7.64. The third-order valence-corrected chi connectivity index (χ3v) is 3.66. The molecule has 0 saturated heterocycles. The minimum atomic E-state index is -0.764. The molecular formula is C16H14BrClO4. The number of rotatable bonds is 5. The molecule has 0 N–H and O–H groups in total. The largest absolute Gasteiger partial charge is 0.497 e. The van der Waals surface area contributed by atoms with Crippen LogP contribution in [0.25, 0.3) is 0 Å². The molecule has 0 spiro atoms. The van der Waals surface area contributed by atoms with Crippen molar-refractivity contribution in [2.24, 2.45) is 0 Å². The summed E-state index contributed by atoms with van der Waals surface area (Å²) in [5.74, 6) is 1.14. The van der Waals surface area contributed by atoms with Crippen LogP contribution in [-0.2, 0) is 4.79 Å². The van der Waals surface area contributed by atoms with Crippen molar-refractivity contribution in [2.75, 3.05) is 7.11 Å². The van der Waals surface area contributed by atoms with Crippen LogP contribution in [-0.4, -0.2) is 19.2 Å². The molecule has 0 saturated carbocycles. The second-order valence-electron chi connectivity index (χ2n) is 4.43. The molecule has 116 valence electrons. The molecule has 0 aliphatic carbocycles. The van der Waals surface area contributed by atoms with Gasteiger partial charge in [-0.25, -0.2) is 4.79 Å². The standard InChI is InChI=1S/C16H14BrClO4/c1-10(21-15-8-3-11(18)9-14(15)17)16(19)22-13-6-4-12(20-2)5-7-13/h3-10H,1-2H3/t10-/m0/s1. The van der Waals surface area contributed by atoms with Crippen molar-refractivity contribution in [1.82, 2.24) is 0 Å². The lowest BCUT2D eigenvalue weighted by Crippen LogP contribution is -2.28. The number of methoxy groups -OCH3 is 1. The van der Waals surface area contributed by atoms with Gasteiger partial charge in [0, 0.05) is 5.02 Å². The molecule has 1 atom stereocenters. The van der Waals surface area contributed by atoms with Gasteiger partial charge in [0.1, 0.15) is 17.2 Å². The zero-order valence-corrected chi connectivity index (χ0v) is 14.3. The molecule has 22 heavy (non-hydrogen) atoms. The highest BCUT2D eigenvalue weighted by atomic mass is 79.9. The van der Waals surface area contributed by atoms with Crippen LogP contribution in [0.1, 0.15) is 6.92 Å². The van der Waals surface area contributed by atoms with Gasteiger partial charge >= 0.3 is 5.97 Å². The van der Waals surface area contributed by atoms with E-state index in [0.29, 0.717) is 26.7 Å². The van der Waals surface area contributed by atoms with E-state index < -0.39 is 12.1 Å². The summed E-state index contributed by atoms with van der Waals surface area (Å²) in [7, 11) is 1.57. The zero-order valence-electron chi connectivity index (χ0n) is 12.0. The average molecular weight is 386 g/mol. The molecule has 2 aromatic rings. The number of esters is 1. The van der Waals surface area contributed by atoms with Crippen LogP contribution < -0.4 is 14.2 Å². The van der Waals surface area contributed by atoms with Crippen LogP contribution >= 0.6 is 27.5 Å². The van der Waals surface area contributed by atoms with Gasteiger partial charge in [0.15, 0.2) is 6.10 Å². The Labute approximate surface area is 142 Å². The lowest BCUT2D eigenvalue weighted by Gasteiger charge is -2.15. The Morgan fingerprint density at radius 3 is 2.36 bits per heavy atom. The molecule has 0 fully saturated rings. The first kappa shape index (κ1) is 16.6. The number of carbonyl (C=O) groups is 1. The van der Waals surface area contributed by atoms with E-state index >= 15 is 0 Å². The van der Waals surface area contributed by atoms with Crippen LogP contribution in [0.15, 0.2) is 46.9 Å². The van der Waals surface area contributed by atoms with Crippen LogP contribution in [0.3, 0.4) is 0 Å². The topological polar surface area (TPSA) is 44.8 Å². The fourth-order valence-corrected chi connectivity index (χ4v) is 2.43. The smallest absolute Gasteiger partial charge is 0.352 e. The average Bonchev–Trinajstić information content (AvgIpc) is 2.50. The van der Waals surface area contributed by atoms with E-state index in [9.17, 15) is 4.79 Å². The highest BCUT2D eigenvalue weighted by Gasteiger charge is 2.18. The van der Waals surface area contributed by atoms with Gasteiger partial charge < -0.3 is 14.2 Å². The van der Waals surface area contributed by atoms with Gasteiger partial charge in [-0.1, -0.05) is 11.6 Å². The molecule has 0 aliphatic rings. The number of carbonyl (C=O) groups excluding carboxylic acids is 1. The molecule has 0 aromatic heterocycles. The number of halogens is 2. The van der Waals surface area contributed by atoms with E-state index in [1.165, 1.54) is 0 Å². The predicted octanol–water partition coefficient (Wildman–Crippen LogP) is 4.48. The van der Waals surface area contributed by atoms with Gasteiger partial charge in [-0.15, -0.1) is 0 Å². The summed E-state index contributed by atoms with van der Waals surface area (Å²) >= 11 is 9.19. The monoisotopic (exact) mass is 384 g/mol. The van der Waals surface area contributed by atoms with E-state index in [0.717, 1.165) is 0 Å². The van der Waals surface area contributed by atoms with E-state index in [4.69, 9.17) is 25.8 Å². The predicted molar refractivity (Wildman–Crippen MR) is 87.9 cm³/mol. The maximum absolute atomic E-state index is 12.0. The van der Waals surface area contributed by atoms with Crippen LogP contribution in [0.2, 0.25) is 5.02 Å². The lowest BCUT2D eigenvalue weighted by molar-refractivity contribution is -0.141. The molecule has 0 unspecified atom stereocenters. The molecule has 0 radical (unpaired) electrons. The lowest BCUT2D eigenvalue weighted by atomic mass is 10.3. The second-order valence-corrected chi connectivity index (χ2v) is 5.72. The number of benzene rings is 2. The minimum Gasteiger partial charge on any atom is -0.497 e. The summed E-state index contributed by atoms with van der Waals surface area (Å²) in [5.41, 5.74) is 0. The number of hydrogen-bond donors (Lipinski definition) is 0. The van der Waals surface area contributed by atoms with Crippen molar-refractivity contribution in [3.8, 4) is 17.2 Å². The van der Waals surface area contributed by atoms with Crippen molar-refractivity contribution < 1.29 is 19.0 Å². The SMILES string of the molecule is COc1ccc(OC(=O)[C@H](C)Oc2ccc(Cl)cc2Br)cc1. The molecule has 4 nitrogen and oxygen atoms in total. The van der Waals surface area contributed by atoms with Crippen molar-refractivity contribution >= 4 is 33.5 Å². The van der Waals surface area contributed by atoms with Gasteiger partial charge in [-0.3, -0.25) is 0 Å². The zero-order chi connectivity index (χ0) is 16.1. The van der Waals surface area contributed by atoms with Crippen LogP contribution in [0.4, 0.5) is 0 Å². The highest BCUT2D eigenvalue weighted by molar-refractivity contribution is 9.10. The van der Waals surface area contributed by atoms with Gasteiger partial charge in [-0.2, -0.15) is 0 Å². The maximum atomic E-state index is 12.0. The Bertz CT molecular complexity index is 658. The summed E-state index contributed by atoms with van der Waals surface area (Å²) < 4.78 is 16.5. The quantitative estimate of drug-likeness (QED) is 0.562. The normalized spacial score (nSPS) is 11.6. The fraction of sp³-hybridized carbons (Fsp3) is 0.188. The Morgan fingerprint density at radius 2 is 1.77 bits per heavy atom. The third kappa shape index (κ3) is 4.39. The summed E-state index contributed by atoms with van der Waals surface area (Å²) in [6.45, 7) is 1.62. The van der Waals surface area contributed by atoms with Gasteiger partial charge in [0.2, 0.25) is 0 Å². The first-order valence-electron chi connectivity index (χ1n) is 6.47. The van der Waals surface area contributed by atoms with Crippen LogP contribution in [0.5, 0.6) is 17.2 Å². The summed E-state index contributed by atoms with van der Waals surface area (Å²) in [6, 6.07) is 11.8. The molecule has 6 heteroatoms. The minimum absolute atomic E-state index is 0.427. The van der Waals surface area contributed by atoms with Gasteiger partial charge in [-0.05, 0) is 65.3 Å². The second kappa shape index (κ2) is 7.51. The molecule has 2 aromatic carbocycles. The molecule has 2 rings (SSSR count). The number of hydrogen-bond acceptors (Lipinski definition) is 4. The Kier molecular flexibility index (Phi) is 5.69. The van der Waals surface area contributed by atoms with Crippen molar-refractivity contribution in [1.29, 1.82) is 0 Å².